The Kier molecular flexibility index (Phi) is 4.31. The van der Waals surface area contributed by atoms with E-state index in [1.165, 1.54) is 34.0 Å². The molecule has 0 aromatic heterocycles. The van der Waals surface area contributed by atoms with Crippen LogP contribution >= 0.6 is 0 Å². The van der Waals surface area contributed by atoms with E-state index in [4.69, 9.17) is 0 Å². The van der Waals surface area contributed by atoms with Crippen LogP contribution in [0.3, 0.4) is 0 Å². The molecule has 5 nitrogen and oxygen atoms in total. The molecule has 3 aromatic carbocycles. The fourth-order valence-electron chi connectivity index (χ4n) is 3.24. The third-order valence-electron chi connectivity index (χ3n) is 4.31. The van der Waals surface area contributed by atoms with Crippen molar-refractivity contribution < 1.29 is 4.92 Å². The Bertz CT molecular complexity index is 1010. The smallest absolute Gasteiger partial charge is 0.258 e. The van der Waals surface area contributed by atoms with Gasteiger partial charge in [-0.05, 0) is 73.4 Å². The molecule has 5 heteroatoms. The lowest BCUT2D eigenvalue weighted by Gasteiger charge is -2.12. The van der Waals surface area contributed by atoms with Crippen LogP contribution in [0, 0.1) is 37.8 Å². The van der Waals surface area contributed by atoms with E-state index in [0.717, 1.165) is 16.8 Å². The normalized spacial score (nSPS) is 11.4. The second-order valence-corrected chi connectivity index (χ2v) is 6.32. The number of benzene rings is 3. The van der Waals surface area contributed by atoms with Crippen LogP contribution in [0.5, 0.6) is 0 Å². The molecule has 0 atom stereocenters. The number of fused-ring (bicyclic) bond motifs is 1. The number of nitro benzene ring substituents is 1. The summed E-state index contributed by atoms with van der Waals surface area (Å²) in [5.41, 5.74) is 6.09. The van der Waals surface area contributed by atoms with Gasteiger partial charge in [-0.2, -0.15) is 5.11 Å². The summed E-state index contributed by atoms with van der Waals surface area (Å²) in [6.07, 6.45) is 0. The molecule has 0 bridgehead atoms. The number of nitrogens with zero attached hydrogens (tertiary/aromatic N) is 3. The van der Waals surface area contributed by atoms with Crippen LogP contribution in [0.15, 0.2) is 52.7 Å². The van der Waals surface area contributed by atoms with Gasteiger partial charge in [-0.25, -0.2) is 0 Å². The topological polar surface area (TPSA) is 67.9 Å². The summed E-state index contributed by atoms with van der Waals surface area (Å²) in [5, 5.41) is 21.8. The molecular weight excluding hydrogens is 314 g/mol. The van der Waals surface area contributed by atoms with Crippen LogP contribution in [0.1, 0.15) is 22.3 Å². The number of non-ortho nitro benzene ring substituents is 1. The molecule has 0 amide bonds. The number of hydrogen-bond acceptors (Lipinski definition) is 4. The minimum absolute atomic E-state index is 0.0445. The third kappa shape index (κ3) is 3.26. The van der Waals surface area contributed by atoms with E-state index in [-0.39, 0.29) is 5.69 Å². The summed E-state index contributed by atoms with van der Waals surface area (Å²) in [6.45, 7) is 8.28. The van der Waals surface area contributed by atoms with Crippen molar-refractivity contribution in [3.8, 4) is 0 Å². The van der Waals surface area contributed by atoms with E-state index in [2.05, 4.69) is 49.2 Å². The first-order valence-electron chi connectivity index (χ1n) is 8.04. The number of hydrogen-bond donors (Lipinski definition) is 0. The third-order valence-corrected chi connectivity index (χ3v) is 4.31. The van der Waals surface area contributed by atoms with Crippen LogP contribution in [0.25, 0.3) is 10.8 Å². The molecule has 0 aliphatic rings. The summed E-state index contributed by atoms with van der Waals surface area (Å²) >= 11 is 0. The van der Waals surface area contributed by atoms with E-state index >= 15 is 0 Å². The van der Waals surface area contributed by atoms with Crippen molar-refractivity contribution in [2.24, 2.45) is 10.2 Å². The van der Waals surface area contributed by atoms with Crippen molar-refractivity contribution in [1.29, 1.82) is 0 Å². The number of azo groups is 1. The molecule has 0 spiro atoms. The molecule has 3 aromatic rings. The largest absolute Gasteiger partial charge is 0.269 e. The average Bonchev–Trinajstić information content (AvgIpc) is 2.54. The minimum Gasteiger partial charge on any atom is -0.258 e. The van der Waals surface area contributed by atoms with Crippen molar-refractivity contribution in [1.82, 2.24) is 0 Å². The second kappa shape index (κ2) is 6.43. The average molecular weight is 333 g/mol. The van der Waals surface area contributed by atoms with Gasteiger partial charge >= 0.3 is 0 Å². The van der Waals surface area contributed by atoms with E-state index < -0.39 is 4.92 Å². The van der Waals surface area contributed by atoms with Crippen LogP contribution in [-0.2, 0) is 0 Å². The highest BCUT2D eigenvalue weighted by Gasteiger charge is 2.10. The van der Waals surface area contributed by atoms with E-state index in [9.17, 15) is 10.1 Å². The summed E-state index contributed by atoms with van der Waals surface area (Å²) in [7, 11) is 0. The SMILES string of the molecule is Cc1cc(C)c2c(C)c(N=Nc3ccc([N+](=O)[O-])cc3)c(C)cc2c1. The molecule has 0 aliphatic heterocycles. The number of rotatable bonds is 3. The molecule has 126 valence electrons. The van der Waals surface area contributed by atoms with Gasteiger partial charge in [0.15, 0.2) is 0 Å². The molecule has 3 rings (SSSR count). The minimum atomic E-state index is -0.427. The van der Waals surface area contributed by atoms with Crippen molar-refractivity contribution in [2.45, 2.75) is 27.7 Å². The van der Waals surface area contributed by atoms with Crippen LogP contribution in [-0.4, -0.2) is 4.92 Å². The first-order valence-corrected chi connectivity index (χ1v) is 8.04. The fraction of sp³-hybridized carbons (Fsp3) is 0.200. The molecule has 0 fully saturated rings. The molecule has 25 heavy (non-hydrogen) atoms. The van der Waals surface area contributed by atoms with Crippen molar-refractivity contribution in [3.63, 3.8) is 0 Å². The first kappa shape index (κ1) is 16.8. The Labute approximate surface area is 146 Å². The summed E-state index contributed by atoms with van der Waals surface area (Å²) in [4.78, 5) is 10.3. The standard InChI is InChI=1S/C20H19N3O2/c1-12-9-13(2)19-15(4)20(14(3)11-16(19)10-12)22-21-17-5-7-18(8-6-17)23(24)25/h5-11H,1-4H3. The molecule has 0 N–H and O–H groups in total. The van der Waals surface area contributed by atoms with Gasteiger partial charge in [0.25, 0.3) is 5.69 Å². The zero-order valence-electron chi connectivity index (χ0n) is 14.7. The maximum absolute atomic E-state index is 10.7. The maximum atomic E-state index is 10.7. The summed E-state index contributed by atoms with van der Waals surface area (Å²) < 4.78 is 0. The van der Waals surface area contributed by atoms with Gasteiger partial charge in [-0.1, -0.05) is 17.7 Å². The van der Waals surface area contributed by atoms with Gasteiger partial charge in [0.05, 0.1) is 16.3 Å². The van der Waals surface area contributed by atoms with Gasteiger partial charge in [0.1, 0.15) is 0 Å². The Morgan fingerprint density at radius 3 is 2.20 bits per heavy atom. The van der Waals surface area contributed by atoms with Crippen molar-refractivity contribution in [2.75, 3.05) is 0 Å². The maximum Gasteiger partial charge on any atom is 0.269 e. The zero-order valence-corrected chi connectivity index (χ0v) is 14.7. The predicted octanol–water partition coefficient (Wildman–Crippen LogP) is 6.40. The van der Waals surface area contributed by atoms with Gasteiger partial charge in [-0.15, -0.1) is 5.11 Å². The van der Waals surface area contributed by atoms with Gasteiger partial charge in [0, 0.05) is 12.1 Å². The van der Waals surface area contributed by atoms with Crippen LogP contribution in [0.4, 0.5) is 17.1 Å². The predicted molar refractivity (Wildman–Crippen MR) is 100 cm³/mol. The first-order chi connectivity index (χ1) is 11.9. The lowest BCUT2D eigenvalue weighted by Crippen LogP contribution is -1.89. The quantitative estimate of drug-likeness (QED) is 0.316. The van der Waals surface area contributed by atoms with Crippen LogP contribution in [0.2, 0.25) is 0 Å². The Morgan fingerprint density at radius 1 is 0.880 bits per heavy atom. The Morgan fingerprint density at radius 2 is 1.56 bits per heavy atom. The van der Waals surface area contributed by atoms with Crippen LogP contribution < -0.4 is 0 Å². The second-order valence-electron chi connectivity index (χ2n) is 6.32. The highest BCUT2D eigenvalue weighted by molar-refractivity contribution is 5.93. The summed E-state index contributed by atoms with van der Waals surface area (Å²) in [5.74, 6) is 0. The highest BCUT2D eigenvalue weighted by Crippen LogP contribution is 2.35. The number of aryl methyl sites for hydroxylation is 4. The lowest BCUT2D eigenvalue weighted by molar-refractivity contribution is -0.384. The Balaban J connectivity index is 2.05. The molecule has 0 unspecified atom stereocenters. The molecule has 0 radical (unpaired) electrons. The van der Waals surface area contributed by atoms with Gasteiger partial charge < -0.3 is 0 Å². The van der Waals surface area contributed by atoms with Crippen molar-refractivity contribution >= 4 is 27.8 Å². The molecule has 0 heterocycles. The molecule has 0 aliphatic carbocycles. The Hall–Kier alpha value is -3.08. The lowest BCUT2D eigenvalue weighted by atomic mass is 9.95. The molecule has 0 saturated heterocycles. The van der Waals surface area contributed by atoms with E-state index in [1.54, 1.807) is 12.1 Å². The summed E-state index contributed by atoms with van der Waals surface area (Å²) in [6, 6.07) is 12.5. The zero-order chi connectivity index (χ0) is 18.1. The van der Waals surface area contributed by atoms with Crippen molar-refractivity contribution in [3.05, 3.63) is 74.8 Å². The van der Waals surface area contributed by atoms with Gasteiger partial charge in [-0.3, -0.25) is 10.1 Å². The number of nitro groups is 1. The molecule has 0 saturated carbocycles. The monoisotopic (exact) mass is 333 g/mol. The highest BCUT2D eigenvalue weighted by atomic mass is 16.6. The van der Waals surface area contributed by atoms with E-state index in [1.807, 2.05) is 6.92 Å². The molecular formula is C20H19N3O2. The fourth-order valence-corrected chi connectivity index (χ4v) is 3.24. The van der Waals surface area contributed by atoms with E-state index in [0.29, 0.717) is 5.69 Å². The van der Waals surface area contributed by atoms with Gasteiger partial charge in [0.2, 0.25) is 0 Å².